The predicted octanol–water partition coefficient (Wildman–Crippen LogP) is 1.33. The van der Waals surface area contributed by atoms with Crippen molar-refractivity contribution in [2.45, 2.75) is 12.5 Å². The van der Waals surface area contributed by atoms with Crippen LogP contribution in [0.3, 0.4) is 0 Å². The molecule has 0 saturated heterocycles. The molecule has 5 heteroatoms. The Morgan fingerprint density at radius 2 is 2.21 bits per heavy atom. The molecule has 1 unspecified atom stereocenters. The lowest BCUT2D eigenvalue weighted by Crippen LogP contribution is -2.52. The second-order valence-corrected chi connectivity index (χ2v) is 4.45. The minimum atomic E-state index is -1.01. The van der Waals surface area contributed by atoms with Gasteiger partial charge in [-0.25, -0.2) is 5.06 Å². The number of carbonyl (C=O) groups is 1. The molecule has 4 nitrogen and oxygen atoms in total. The molecule has 0 saturated carbocycles. The zero-order chi connectivity index (χ0) is 10.9. The smallest absolute Gasteiger partial charge is 0.254 e. The Hall–Kier alpha value is -0.810. The van der Waals surface area contributed by atoms with Gasteiger partial charge in [-0.1, -0.05) is 0 Å². The molecule has 0 aromatic carbocycles. The fourth-order valence-corrected chi connectivity index (χ4v) is 1.56. The number of hydrogen-bond donors (Lipinski definition) is 1. The second kappa shape index (κ2) is 3.74. The molecule has 14 heavy (non-hydrogen) atoms. The van der Waals surface area contributed by atoms with Crippen molar-refractivity contribution in [3.05, 3.63) is 22.8 Å². The zero-order valence-corrected chi connectivity index (χ0v) is 9.95. The van der Waals surface area contributed by atoms with E-state index in [1.54, 1.807) is 33.2 Å². The summed E-state index contributed by atoms with van der Waals surface area (Å²) >= 11 is 3.21. The summed E-state index contributed by atoms with van der Waals surface area (Å²) in [5.74, 6) is -0.174. The van der Waals surface area contributed by atoms with Crippen molar-refractivity contribution in [2.75, 3.05) is 14.1 Å². The van der Waals surface area contributed by atoms with Crippen LogP contribution >= 0.6 is 15.9 Å². The van der Waals surface area contributed by atoms with Crippen molar-refractivity contribution in [3.8, 4) is 0 Å². The summed E-state index contributed by atoms with van der Waals surface area (Å²) in [6.07, 6.45) is 4.86. The topological polar surface area (TPSA) is 43.8 Å². The third kappa shape index (κ3) is 1.83. The minimum absolute atomic E-state index is 0.174. The molecular weight excluding hydrogens is 248 g/mol. The van der Waals surface area contributed by atoms with Crippen molar-refractivity contribution in [1.82, 2.24) is 9.96 Å². The van der Waals surface area contributed by atoms with E-state index in [9.17, 15) is 10.0 Å². The summed E-state index contributed by atoms with van der Waals surface area (Å²) in [4.78, 5) is 13.2. The van der Waals surface area contributed by atoms with E-state index in [0.717, 1.165) is 9.55 Å². The molecule has 1 heterocycles. The Morgan fingerprint density at radius 3 is 2.64 bits per heavy atom. The first-order valence-electron chi connectivity index (χ1n) is 4.14. The Morgan fingerprint density at radius 1 is 1.64 bits per heavy atom. The van der Waals surface area contributed by atoms with E-state index in [1.165, 1.54) is 11.1 Å². The van der Waals surface area contributed by atoms with E-state index in [2.05, 4.69) is 15.9 Å². The monoisotopic (exact) mass is 260 g/mol. The number of allylic oxidation sites excluding steroid dienone is 2. The van der Waals surface area contributed by atoms with Crippen LogP contribution in [0.1, 0.15) is 6.92 Å². The number of hydroxylamine groups is 2. The van der Waals surface area contributed by atoms with Gasteiger partial charge in [-0.05, 0) is 35.0 Å². The van der Waals surface area contributed by atoms with Crippen LogP contribution in [0, 0.1) is 0 Å². The number of hydrogen-bond acceptors (Lipinski definition) is 3. The zero-order valence-electron chi connectivity index (χ0n) is 8.36. The van der Waals surface area contributed by atoms with Gasteiger partial charge < -0.3 is 4.90 Å². The third-order valence-corrected chi connectivity index (χ3v) is 2.60. The normalized spacial score (nSPS) is 26.1. The highest BCUT2D eigenvalue weighted by atomic mass is 79.9. The first-order chi connectivity index (χ1) is 6.38. The van der Waals surface area contributed by atoms with Crippen LogP contribution in [-0.2, 0) is 4.79 Å². The number of halogens is 1. The first kappa shape index (κ1) is 11.3. The Kier molecular flexibility index (Phi) is 3.01. The van der Waals surface area contributed by atoms with E-state index in [4.69, 9.17) is 0 Å². The van der Waals surface area contributed by atoms with E-state index in [1.807, 2.05) is 0 Å². The van der Waals surface area contributed by atoms with Crippen LogP contribution in [0.4, 0.5) is 0 Å². The van der Waals surface area contributed by atoms with Gasteiger partial charge in [0.15, 0.2) is 5.54 Å². The fraction of sp³-hybridized carbons (Fsp3) is 0.444. The molecule has 78 valence electrons. The van der Waals surface area contributed by atoms with Gasteiger partial charge in [-0.15, -0.1) is 0 Å². The first-order valence-corrected chi connectivity index (χ1v) is 4.94. The molecule has 1 aliphatic heterocycles. The second-order valence-electron chi connectivity index (χ2n) is 3.54. The molecule has 0 aliphatic carbocycles. The summed E-state index contributed by atoms with van der Waals surface area (Å²) in [6, 6.07) is 0. The Labute approximate surface area is 91.6 Å². The van der Waals surface area contributed by atoms with Gasteiger partial charge in [0.1, 0.15) is 0 Å². The van der Waals surface area contributed by atoms with Crippen LogP contribution < -0.4 is 0 Å². The van der Waals surface area contributed by atoms with Crippen molar-refractivity contribution in [3.63, 3.8) is 0 Å². The maximum Gasteiger partial charge on any atom is 0.254 e. The number of rotatable bonds is 1. The van der Waals surface area contributed by atoms with Crippen LogP contribution in [0.25, 0.3) is 0 Å². The van der Waals surface area contributed by atoms with Gasteiger partial charge in [0, 0.05) is 24.8 Å². The van der Waals surface area contributed by atoms with E-state index in [-0.39, 0.29) is 5.91 Å². The lowest BCUT2D eigenvalue weighted by Gasteiger charge is -2.36. The lowest BCUT2D eigenvalue weighted by atomic mass is 9.98. The van der Waals surface area contributed by atoms with Crippen molar-refractivity contribution in [2.24, 2.45) is 0 Å². The van der Waals surface area contributed by atoms with E-state index >= 15 is 0 Å². The Balaban J connectivity index is 2.98. The summed E-state index contributed by atoms with van der Waals surface area (Å²) in [5.41, 5.74) is -1.01. The average Bonchev–Trinajstić information content (AvgIpc) is 2.10. The number of carbonyl (C=O) groups excluding carboxylic acids is 1. The molecule has 1 atom stereocenters. The summed E-state index contributed by atoms with van der Waals surface area (Å²) in [7, 11) is 3.31. The molecule has 0 spiro atoms. The van der Waals surface area contributed by atoms with Crippen LogP contribution in [0.15, 0.2) is 22.8 Å². The predicted molar refractivity (Wildman–Crippen MR) is 56.9 cm³/mol. The minimum Gasteiger partial charge on any atom is -0.346 e. The van der Waals surface area contributed by atoms with Gasteiger partial charge in [-0.2, -0.15) is 0 Å². The molecule has 0 fully saturated rings. The molecule has 0 aromatic heterocycles. The van der Waals surface area contributed by atoms with Crippen LogP contribution in [0.5, 0.6) is 0 Å². The fourth-order valence-electron chi connectivity index (χ4n) is 1.23. The van der Waals surface area contributed by atoms with Gasteiger partial charge in [0.05, 0.1) is 0 Å². The molecular formula is C9H13BrN2O2. The number of nitrogens with zero attached hydrogens (tertiary/aromatic N) is 2. The molecule has 0 radical (unpaired) electrons. The van der Waals surface area contributed by atoms with E-state index < -0.39 is 5.54 Å². The highest BCUT2D eigenvalue weighted by Gasteiger charge is 2.38. The molecule has 1 N–H and O–H groups in total. The number of likely N-dealkylation sites (N-methyl/N-ethyl adjacent to an activating group) is 1. The van der Waals surface area contributed by atoms with Gasteiger partial charge in [-0.3, -0.25) is 10.0 Å². The van der Waals surface area contributed by atoms with E-state index in [0.29, 0.717) is 0 Å². The molecule has 1 amide bonds. The third-order valence-electron chi connectivity index (χ3n) is 2.13. The van der Waals surface area contributed by atoms with Gasteiger partial charge in [0.2, 0.25) is 0 Å². The largest absolute Gasteiger partial charge is 0.346 e. The molecule has 1 rings (SSSR count). The molecule has 1 aliphatic rings. The Bertz CT molecular complexity index is 312. The van der Waals surface area contributed by atoms with Crippen molar-refractivity contribution < 1.29 is 10.0 Å². The van der Waals surface area contributed by atoms with Gasteiger partial charge >= 0.3 is 0 Å². The summed E-state index contributed by atoms with van der Waals surface area (Å²) in [5, 5.41) is 10.5. The average molecular weight is 261 g/mol. The SMILES string of the molecule is CN(C)C(=O)C1(C)C=CC(Br)=CN1O. The highest BCUT2D eigenvalue weighted by molar-refractivity contribution is 9.11. The number of amides is 1. The highest BCUT2D eigenvalue weighted by Crippen LogP contribution is 2.26. The van der Waals surface area contributed by atoms with Crippen LogP contribution in [0.2, 0.25) is 0 Å². The maximum atomic E-state index is 11.8. The quantitative estimate of drug-likeness (QED) is 0.774. The van der Waals surface area contributed by atoms with Crippen molar-refractivity contribution >= 4 is 21.8 Å². The summed E-state index contributed by atoms with van der Waals surface area (Å²) < 4.78 is 0.726. The standard InChI is InChI=1S/C9H13BrN2O2/c1-9(8(13)11(2)3)5-4-7(10)6-12(9)14/h4-6,14H,1-3H3. The van der Waals surface area contributed by atoms with Gasteiger partial charge in [0.25, 0.3) is 5.91 Å². The molecule has 0 aromatic rings. The molecule has 0 bridgehead atoms. The van der Waals surface area contributed by atoms with Crippen LogP contribution in [-0.4, -0.2) is 40.7 Å². The lowest BCUT2D eigenvalue weighted by molar-refractivity contribution is -0.159. The van der Waals surface area contributed by atoms with Crippen molar-refractivity contribution in [1.29, 1.82) is 0 Å². The maximum absolute atomic E-state index is 11.8. The summed E-state index contributed by atoms with van der Waals surface area (Å²) in [6.45, 7) is 1.65.